The number of hydrogen-bond acceptors (Lipinski definition) is 6. The average Bonchev–Trinajstić information content (AvgIpc) is 2.76. The second-order valence-corrected chi connectivity index (χ2v) is 9.86. The first-order valence-corrected chi connectivity index (χ1v) is 11.9. The monoisotopic (exact) mass is 468 g/mol. The lowest BCUT2D eigenvalue weighted by molar-refractivity contribution is 0.0963. The van der Waals surface area contributed by atoms with Crippen molar-refractivity contribution in [3.63, 3.8) is 0 Å². The number of para-hydroxylation sites is 1. The van der Waals surface area contributed by atoms with Gasteiger partial charge in [-0.15, -0.1) is 4.40 Å². The number of fused-ring (bicyclic) bond motifs is 2. The lowest BCUT2D eigenvalue weighted by Crippen LogP contribution is -2.29. The summed E-state index contributed by atoms with van der Waals surface area (Å²) in [6, 6.07) is 9.31. The van der Waals surface area contributed by atoms with Crippen molar-refractivity contribution in [1.82, 2.24) is 10.3 Å². The van der Waals surface area contributed by atoms with Crippen LogP contribution in [0.4, 0.5) is 5.69 Å². The molecule has 2 heterocycles. The Morgan fingerprint density at radius 3 is 2.64 bits per heavy atom. The third kappa shape index (κ3) is 4.09. The number of pyridine rings is 1. The van der Waals surface area contributed by atoms with E-state index in [1.54, 1.807) is 24.3 Å². The molecule has 3 aromatic rings. The van der Waals surface area contributed by atoms with E-state index in [2.05, 4.69) is 33.9 Å². The summed E-state index contributed by atoms with van der Waals surface area (Å²) in [5, 5.41) is 16.7. The highest BCUT2D eigenvalue weighted by atomic mass is 32.2. The van der Waals surface area contributed by atoms with E-state index in [1.165, 1.54) is 19.2 Å². The summed E-state index contributed by atoms with van der Waals surface area (Å²) in [4.78, 5) is 28.1. The fourth-order valence-corrected chi connectivity index (χ4v) is 4.94. The number of nitrogens with one attached hydrogen (secondary N) is 3. The molecule has 1 amide bonds. The van der Waals surface area contributed by atoms with Crippen LogP contribution in [-0.2, 0) is 16.4 Å². The quantitative estimate of drug-likeness (QED) is 0.454. The van der Waals surface area contributed by atoms with Crippen molar-refractivity contribution < 1.29 is 18.3 Å². The van der Waals surface area contributed by atoms with Crippen molar-refractivity contribution in [1.29, 1.82) is 0 Å². The molecule has 0 aliphatic carbocycles. The molecule has 4 N–H and O–H groups in total. The molecule has 0 saturated heterocycles. The molecule has 0 saturated carbocycles. The molecular weight excluding hydrogens is 444 g/mol. The van der Waals surface area contributed by atoms with Crippen molar-refractivity contribution >= 4 is 38.4 Å². The van der Waals surface area contributed by atoms with E-state index >= 15 is 0 Å². The number of aromatic amines is 1. The molecule has 0 radical (unpaired) electrons. The highest BCUT2D eigenvalue weighted by molar-refractivity contribution is 7.90. The zero-order valence-electron chi connectivity index (χ0n) is 18.4. The topological polar surface area (TPSA) is 141 Å². The number of H-pyrrole nitrogens is 1. The summed E-state index contributed by atoms with van der Waals surface area (Å²) in [7, 11) is -2.58. The van der Waals surface area contributed by atoms with Crippen LogP contribution >= 0.6 is 0 Å². The van der Waals surface area contributed by atoms with Gasteiger partial charge in [-0.1, -0.05) is 26.0 Å². The Hall–Kier alpha value is -3.66. The van der Waals surface area contributed by atoms with Gasteiger partial charge in [-0.3, -0.25) is 9.59 Å². The van der Waals surface area contributed by atoms with Crippen LogP contribution in [0.1, 0.15) is 41.8 Å². The first-order valence-electron chi connectivity index (χ1n) is 10.5. The van der Waals surface area contributed by atoms with Gasteiger partial charge in [-0.05, 0) is 48.6 Å². The number of anilines is 1. The molecule has 1 aliphatic heterocycles. The largest absolute Gasteiger partial charge is 0.506 e. The molecule has 0 fully saturated rings. The summed E-state index contributed by atoms with van der Waals surface area (Å²) in [6.07, 6.45) is 1.38. The fourth-order valence-electron chi connectivity index (χ4n) is 3.81. The van der Waals surface area contributed by atoms with Crippen LogP contribution < -0.4 is 16.2 Å². The SMILES string of the molecule is CNC(=O)c1cc(CCC(C)C)c2[nH]c(=O)c(C3=NS(=O)(=O)c4ccccc4N3)c(O)c2c1. The second kappa shape index (κ2) is 8.36. The van der Waals surface area contributed by atoms with E-state index in [0.29, 0.717) is 29.0 Å². The molecule has 9 nitrogen and oxygen atoms in total. The number of benzene rings is 2. The number of carbonyl (C=O) groups excluding carboxylic acids is 1. The van der Waals surface area contributed by atoms with Crippen LogP contribution in [-0.4, -0.2) is 37.3 Å². The minimum absolute atomic E-state index is 0.0247. The van der Waals surface area contributed by atoms with Gasteiger partial charge in [0.1, 0.15) is 16.2 Å². The smallest absolute Gasteiger partial charge is 0.286 e. The molecule has 4 rings (SSSR count). The summed E-state index contributed by atoms with van der Waals surface area (Å²) in [5.74, 6) is -0.705. The van der Waals surface area contributed by atoms with Crippen LogP contribution in [0.5, 0.6) is 5.75 Å². The first kappa shape index (κ1) is 22.5. The molecule has 1 aromatic heterocycles. The van der Waals surface area contributed by atoms with Crippen LogP contribution in [0.3, 0.4) is 0 Å². The zero-order valence-corrected chi connectivity index (χ0v) is 19.2. The van der Waals surface area contributed by atoms with E-state index in [1.807, 2.05) is 0 Å². The van der Waals surface area contributed by atoms with Crippen molar-refractivity contribution in [2.75, 3.05) is 12.4 Å². The Balaban J connectivity index is 1.96. The Bertz CT molecular complexity index is 1470. The number of aryl methyl sites for hydroxylation is 1. The molecule has 10 heteroatoms. The third-order valence-electron chi connectivity index (χ3n) is 5.52. The minimum atomic E-state index is -4.08. The number of carbonyl (C=O) groups is 1. The number of nitrogens with zero attached hydrogens (tertiary/aromatic N) is 1. The number of amidine groups is 1. The number of amides is 1. The van der Waals surface area contributed by atoms with Gasteiger partial charge in [0.05, 0.1) is 11.2 Å². The van der Waals surface area contributed by atoms with E-state index in [-0.39, 0.29) is 33.3 Å². The maximum absolute atomic E-state index is 13.0. The Labute approximate surface area is 190 Å². The molecule has 0 unspecified atom stereocenters. The molecule has 172 valence electrons. The first-order chi connectivity index (χ1) is 15.6. The Kier molecular flexibility index (Phi) is 5.71. The van der Waals surface area contributed by atoms with Gasteiger partial charge in [-0.25, -0.2) is 0 Å². The molecule has 33 heavy (non-hydrogen) atoms. The average molecular weight is 469 g/mol. The van der Waals surface area contributed by atoms with Crippen molar-refractivity contribution in [3.05, 3.63) is 63.4 Å². The van der Waals surface area contributed by atoms with Gasteiger partial charge in [0.2, 0.25) is 0 Å². The van der Waals surface area contributed by atoms with Crippen molar-refractivity contribution in [3.8, 4) is 5.75 Å². The number of aromatic nitrogens is 1. The van der Waals surface area contributed by atoms with Crippen LogP contribution in [0, 0.1) is 5.92 Å². The molecule has 0 spiro atoms. The Morgan fingerprint density at radius 2 is 1.94 bits per heavy atom. The lowest BCUT2D eigenvalue weighted by atomic mass is 9.96. The predicted octanol–water partition coefficient (Wildman–Crippen LogP) is 2.74. The Morgan fingerprint density at radius 1 is 1.21 bits per heavy atom. The lowest BCUT2D eigenvalue weighted by Gasteiger charge is -2.19. The maximum Gasteiger partial charge on any atom is 0.286 e. The second-order valence-electron chi connectivity index (χ2n) is 8.28. The van der Waals surface area contributed by atoms with Gasteiger partial charge in [-0.2, -0.15) is 8.42 Å². The van der Waals surface area contributed by atoms with Gasteiger partial charge >= 0.3 is 0 Å². The van der Waals surface area contributed by atoms with E-state index in [0.717, 1.165) is 6.42 Å². The number of rotatable bonds is 5. The summed E-state index contributed by atoms with van der Waals surface area (Å²) in [6.45, 7) is 4.13. The summed E-state index contributed by atoms with van der Waals surface area (Å²) < 4.78 is 29.0. The number of aromatic hydroxyl groups is 1. The maximum atomic E-state index is 13.0. The molecule has 0 atom stereocenters. The van der Waals surface area contributed by atoms with Crippen LogP contribution in [0.25, 0.3) is 10.9 Å². The van der Waals surface area contributed by atoms with E-state index < -0.39 is 21.3 Å². The molecular formula is C23H24N4O5S. The number of sulfonamides is 1. The van der Waals surface area contributed by atoms with Gasteiger partial charge in [0, 0.05) is 18.0 Å². The van der Waals surface area contributed by atoms with E-state index in [4.69, 9.17) is 0 Å². The van der Waals surface area contributed by atoms with E-state index in [9.17, 15) is 23.1 Å². The molecule has 1 aliphatic rings. The molecule has 2 aromatic carbocycles. The summed E-state index contributed by atoms with van der Waals surface area (Å²) in [5.41, 5.74) is 0.653. The highest BCUT2D eigenvalue weighted by Gasteiger charge is 2.29. The minimum Gasteiger partial charge on any atom is -0.506 e. The van der Waals surface area contributed by atoms with Crippen LogP contribution in [0.15, 0.2) is 50.5 Å². The highest BCUT2D eigenvalue weighted by Crippen LogP contribution is 2.33. The van der Waals surface area contributed by atoms with Gasteiger partial charge in [0.15, 0.2) is 5.84 Å². The molecule has 0 bridgehead atoms. The van der Waals surface area contributed by atoms with Crippen molar-refractivity contribution in [2.24, 2.45) is 10.3 Å². The van der Waals surface area contributed by atoms with Crippen LogP contribution in [0.2, 0.25) is 0 Å². The third-order valence-corrected chi connectivity index (χ3v) is 6.86. The van der Waals surface area contributed by atoms with Crippen molar-refractivity contribution in [2.45, 2.75) is 31.6 Å². The standard InChI is InChI=1S/C23H24N4O5S/c1-12(2)8-9-13-10-14(22(29)24-3)11-15-19(13)26-23(30)18(20(15)28)21-25-16-6-4-5-7-17(16)33(31,32)27-21/h4-7,10-12H,8-9H2,1-3H3,(H,24,29)(H,25,27)(H2,26,28,30). The van der Waals surface area contributed by atoms with Gasteiger partial charge in [0.25, 0.3) is 21.5 Å². The fraction of sp³-hybridized carbons (Fsp3) is 0.261. The summed E-state index contributed by atoms with van der Waals surface area (Å²) >= 11 is 0. The van der Waals surface area contributed by atoms with Gasteiger partial charge < -0.3 is 20.7 Å². The zero-order chi connectivity index (χ0) is 23.9. The normalized spacial score (nSPS) is 14.5. The number of hydrogen-bond donors (Lipinski definition) is 4. The predicted molar refractivity (Wildman–Crippen MR) is 127 cm³/mol.